The van der Waals surface area contributed by atoms with Gasteiger partial charge in [-0.25, -0.2) is 23.7 Å². The number of amides is 1. The standard InChI is InChI=1S/C44H54N7O14P/c1-25(2)39(52)62-36-35(33-18-19-34-38(46)47-24-48-51(33)34)64-44(22-45,37(36)63-40(53)26(3)4)23-60-66(57,50-28(7)41(54)58-8)65-31-16-14-29(15-17-31)20-32(42(55)61-27(5)6)49-43(56)59-21-30-12-10-9-11-13-30/h9-19,24-28,32,35-37H,20-21,23H2,1-8H3,(H,49,56)(H,50,57)(H2,46,47,48)/t28?,32?,35-,36-,37-,44+,66?/m0/s1. The summed E-state index contributed by atoms with van der Waals surface area (Å²) in [7, 11) is -3.68. The number of aromatic nitrogens is 3. The maximum atomic E-state index is 14.8. The van der Waals surface area contributed by atoms with Gasteiger partial charge in [0.2, 0.25) is 5.60 Å². The van der Waals surface area contributed by atoms with Crippen molar-refractivity contribution in [2.75, 3.05) is 19.5 Å². The molecule has 2 aromatic heterocycles. The highest BCUT2D eigenvalue weighted by molar-refractivity contribution is 7.52. The molecule has 0 radical (unpaired) electrons. The number of nitrogens with zero attached hydrogens (tertiary/aromatic N) is 4. The minimum absolute atomic E-state index is 0.0388. The van der Waals surface area contributed by atoms with Crippen LogP contribution in [0.25, 0.3) is 5.52 Å². The molecule has 0 saturated carbocycles. The highest BCUT2D eigenvalue weighted by Gasteiger charge is 2.62. The molecule has 4 N–H and O–H groups in total. The molecule has 354 valence electrons. The lowest BCUT2D eigenvalue weighted by molar-refractivity contribution is -0.173. The van der Waals surface area contributed by atoms with Gasteiger partial charge in [-0.1, -0.05) is 70.2 Å². The molecule has 21 nitrogen and oxygen atoms in total. The first-order valence-corrected chi connectivity index (χ1v) is 22.5. The number of fused-ring (bicyclic) bond motifs is 1. The predicted octanol–water partition coefficient (Wildman–Crippen LogP) is 4.92. The summed E-state index contributed by atoms with van der Waals surface area (Å²) in [6.45, 7) is 9.91. The molecule has 3 unspecified atom stereocenters. The van der Waals surface area contributed by atoms with E-state index in [9.17, 15) is 33.8 Å². The number of esters is 4. The predicted molar refractivity (Wildman–Crippen MR) is 233 cm³/mol. The number of anilines is 1. The van der Waals surface area contributed by atoms with Crippen molar-refractivity contribution >= 4 is 49.1 Å². The lowest BCUT2D eigenvalue weighted by atomic mass is 9.95. The molecule has 0 aliphatic carbocycles. The number of nitrogens with two attached hydrogens (primary N) is 1. The molecule has 2 aromatic carbocycles. The monoisotopic (exact) mass is 935 g/mol. The van der Waals surface area contributed by atoms with E-state index in [1.807, 2.05) is 12.1 Å². The normalized spacial score (nSPS) is 19.9. The van der Waals surface area contributed by atoms with Crippen LogP contribution in [0.1, 0.15) is 71.4 Å². The summed E-state index contributed by atoms with van der Waals surface area (Å²) in [5, 5.41) is 20.3. The second kappa shape index (κ2) is 22.1. The minimum atomic E-state index is -4.79. The van der Waals surface area contributed by atoms with Crippen molar-refractivity contribution in [3.05, 3.63) is 89.9 Å². The molecule has 66 heavy (non-hydrogen) atoms. The average Bonchev–Trinajstić information content (AvgIpc) is 3.84. The second-order valence-corrected chi connectivity index (χ2v) is 17.8. The molecular weight excluding hydrogens is 881 g/mol. The van der Waals surface area contributed by atoms with Gasteiger partial charge in [0.15, 0.2) is 18.0 Å². The Hall–Kier alpha value is -6.59. The average molecular weight is 936 g/mol. The lowest BCUT2D eigenvalue weighted by Gasteiger charge is -2.31. The van der Waals surface area contributed by atoms with Crippen LogP contribution in [0.15, 0.2) is 73.1 Å². The fraction of sp³-hybridized carbons (Fsp3) is 0.455. The maximum absolute atomic E-state index is 14.8. The number of hydrogen-bond acceptors (Lipinski definition) is 18. The fourth-order valence-electron chi connectivity index (χ4n) is 6.47. The summed E-state index contributed by atoms with van der Waals surface area (Å²) < 4.78 is 61.8. The number of nitrogens with one attached hydrogen (secondary N) is 2. The molecule has 22 heteroatoms. The lowest BCUT2D eigenvalue weighted by Crippen LogP contribution is -2.50. The molecule has 4 aromatic rings. The molecule has 1 saturated heterocycles. The molecule has 1 fully saturated rings. The number of nitrogen functional groups attached to an aromatic ring is 1. The molecule has 5 rings (SSSR count). The van der Waals surface area contributed by atoms with Gasteiger partial charge in [0.1, 0.15) is 55.1 Å². The van der Waals surface area contributed by atoms with Gasteiger partial charge in [-0.2, -0.15) is 15.4 Å². The molecule has 1 aliphatic rings. The molecular formula is C44H54N7O14P. The second-order valence-electron chi connectivity index (χ2n) is 16.1. The van der Waals surface area contributed by atoms with Crippen LogP contribution in [0, 0.1) is 23.2 Å². The Morgan fingerprint density at radius 3 is 2.18 bits per heavy atom. The van der Waals surface area contributed by atoms with Crippen molar-refractivity contribution in [3.8, 4) is 11.8 Å². The van der Waals surface area contributed by atoms with Gasteiger partial charge in [-0.15, -0.1) is 0 Å². The number of carbonyl (C=O) groups is 5. The third kappa shape index (κ3) is 12.6. The van der Waals surface area contributed by atoms with Crippen LogP contribution in [0.2, 0.25) is 0 Å². The van der Waals surface area contributed by atoms with Crippen LogP contribution in [-0.4, -0.2) is 94.3 Å². The van der Waals surface area contributed by atoms with Crippen LogP contribution in [0.4, 0.5) is 10.6 Å². The molecule has 1 aliphatic heterocycles. The van der Waals surface area contributed by atoms with Gasteiger partial charge >= 0.3 is 37.7 Å². The number of methoxy groups -OCH3 is 1. The van der Waals surface area contributed by atoms with Gasteiger partial charge < -0.3 is 44.0 Å². The van der Waals surface area contributed by atoms with E-state index < -0.39 is 98.3 Å². The van der Waals surface area contributed by atoms with Crippen molar-refractivity contribution in [2.24, 2.45) is 11.8 Å². The zero-order chi connectivity index (χ0) is 48.3. The van der Waals surface area contributed by atoms with Crippen LogP contribution in [-0.2, 0) is 69.7 Å². The van der Waals surface area contributed by atoms with E-state index in [2.05, 4.69) is 20.5 Å². The number of ether oxygens (including phenoxy) is 6. The van der Waals surface area contributed by atoms with Gasteiger partial charge in [-0.3, -0.25) is 18.9 Å². The first kappa shape index (κ1) is 50.4. The van der Waals surface area contributed by atoms with E-state index in [-0.39, 0.29) is 30.3 Å². The summed E-state index contributed by atoms with van der Waals surface area (Å²) in [5.74, 6) is -4.48. The van der Waals surface area contributed by atoms with Crippen molar-refractivity contribution in [3.63, 3.8) is 0 Å². The van der Waals surface area contributed by atoms with E-state index in [0.717, 1.165) is 12.7 Å². The van der Waals surface area contributed by atoms with E-state index in [1.165, 1.54) is 42.0 Å². The third-order valence-electron chi connectivity index (χ3n) is 9.91. The summed E-state index contributed by atoms with van der Waals surface area (Å²) >= 11 is 0. The molecule has 0 spiro atoms. The number of hydrogen-bond donors (Lipinski definition) is 3. The number of carbonyl (C=O) groups excluding carboxylic acids is 5. The highest BCUT2D eigenvalue weighted by Crippen LogP contribution is 2.50. The zero-order valence-corrected chi connectivity index (χ0v) is 38.6. The Kier molecular flexibility index (Phi) is 16.9. The summed E-state index contributed by atoms with van der Waals surface area (Å²) in [6.07, 6.45) is -4.80. The van der Waals surface area contributed by atoms with E-state index in [0.29, 0.717) is 11.1 Å². The zero-order valence-electron chi connectivity index (χ0n) is 37.7. The maximum Gasteiger partial charge on any atom is 0.459 e. The fourth-order valence-corrected chi connectivity index (χ4v) is 7.99. The van der Waals surface area contributed by atoms with Crippen LogP contribution in [0.5, 0.6) is 5.75 Å². The largest absolute Gasteiger partial charge is 0.468 e. The first-order chi connectivity index (χ1) is 31.3. The van der Waals surface area contributed by atoms with E-state index >= 15 is 0 Å². The number of benzene rings is 2. The topological polar surface area (TPSA) is 280 Å². The van der Waals surface area contributed by atoms with Crippen molar-refractivity contribution in [1.82, 2.24) is 25.0 Å². The number of rotatable bonds is 20. The van der Waals surface area contributed by atoms with Gasteiger partial charge in [-0.05, 0) is 56.2 Å². The van der Waals surface area contributed by atoms with Crippen LogP contribution >= 0.6 is 7.75 Å². The van der Waals surface area contributed by atoms with Gasteiger partial charge in [0.05, 0.1) is 30.7 Å². The van der Waals surface area contributed by atoms with Crippen LogP contribution < -0.4 is 20.7 Å². The Bertz CT molecular complexity index is 2440. The first-order valence-electron chi connectivity index (χ1n) is 20.9. The van der Waals surface area contributed by atoms with Crippen molar-refractivity contribution < 1.29 is 66.0 Å². The number of nitriles is 1. The Morgan fingerprint density at radius 1 is 0.894 bits per heavy atom. The molecule has 1 amide bonds. The summed E-state index contributed by atoms with van der Waals surface area (Å²) in [6, 6.07) is 17.4. The SMILES string of the molecule is COC(=O)C(C)NP(=O)(OC[C@@]1(C#N)O[C@@H](c2ccc3c(N)ncnn23)[C@H](OC(=O)C(C)C)[C@@H]1OC(=O)C(C)C)Oc1ccc(CC(NC(=O)OCc2ccccc2)C(=O)OC(C)C)cc1. The van der Waals surface area contributed by atoms with Crippen molar-refractivity contribution in [1.29, 1.82) is 5.26 Å². The van der Waals surface area contributed by atoms with Crippen molar-refractivity contribution in [2.45, 2.75) is 104 Å². The minimum Gasteiger partial charge on any atom is -0.468 e. The smallest absolute Gasteiger partial charge is 0.459 e. The summed E-state index contributed by atoms with van der Waals surface area (Å²) in [5.41, 5.74) is 5.54. The Balaban J connectivity index is 1.45. The van der Waals surface area contributed by atoms with Gasteiger partial charge in [0, 0.05) is 6.42 Å². The Labute approximate surface area is 381 Å². The van der Waals surface area contributed by atoms with Gasteiger partial charge in [0.25, 0.3) is 0 Å². The molecule has 7 atom stereocenters. The number of alkyl carbamates (subject to hydrolysis) is 1. The van der Waals surface area contributed by atoms with Crippen LogP contribution in [0.3, 0.4) is 0 Å². The summed E-state index contributed by atoms with van der Waals surface area (Å²) in [4.78, 5) is 69.1. The molecule has 3 heterocycles. The quantitative estimate of drug-likeness (QED) is 0.0602. The Morgan fingerprint density at radius 2 is 1.56 bits per heavy atom. The third-order valence-corrected chi connectivity index (χ3v) is 11.5. The van der Waals surface area contributed by atoms with E-state index in [1.54, 1.807) is 77.9 Å². The molecule has 0 bridgehead atoms. The highest BCUT2D eigenvalue weighted by atomic mass is 31.2. The van der Waals surface area contributed by atoms with E-state index in [4.69, 9.17) is 43.2 Å².